The van der Waals surface area contributed by atoms with Crippen LogP contribution in [0.25, 0.3) is 10.9 Å². The molecule has 0 radical (unpaired) electrons. The molecule has 1 aromatic carbocycles. The molecular weight excluding hydrogens is 246 g/mol. The number of aliphatic hydroxyl groups excluding tert-OH is 1. The Balaban J connectivity index is 2.03. The molecule has 2 aromatic rings. The highest BCUT2D eigenvalue weighted by atomic mass is 16.5. The molecule has 1 unspecified atom stereocenters. The Kier molecular flexibility index (Phi) is 4.62. The Hall–Kier alpha value is -1.76. The smallest absolute Gasteiger partial charge is 0.258 e. The monoisotopic (exact) mass is 263 g/mol. The van der Waals surface area contributed by atoms with Gasteiger partial charge < -0.3 is 20.1 Å². The van der Waals surface area contributed by atoms with E-state index < -0.39 is 6.10 Å². The number of nitrogens with zero attached hydrogens (tertiary/aromatic N) is 1. The summed E-state index contributed by atoms with van der Waals surface area (Å²) in [5.41, 5.74) is 0.514. The summed E-state index contributed by atoms with van der Waals surface area (Å²) in [7, 11) is 1.53. The van der Waals surface area contributed by atoms with Gasteiger partial charge in [0, 0.05) is 13.7 Å². The summed E-state index contributed by atoms with van der Waals surface area (Å²) in [6, 6.07) is 7.18. The van der Waals surface area contributed by atoms with Gasteiger partial charge >= 0.3 is 0 Å². The van der Waals surface area contributed by atoms with Crippen molar-refractivity contribution in [2.45, 2.75) is 12.6 Å². The summed E-state index contributed by atoms with van der Waals surface area (Å²) in [6.07, 6.45) is -0.572. The first kappa shape index (κ1) is 13.7. The zero-order chi connectivity index (χ0) is 13.7. The van der Waals surface area contributed by atoms with Crippen molar-refractivity contribution in [3.05, 3.63) is 40.4 Å². The number of aliphatic hydroxyl groups is 1. The maximum atomic E-state index is 11.8. The second kappa shape index (κ2) is 6.42. The molecule has 1 aromatic heterocycles. The summed E-state index contributed by atoms with van der Waals surface area (Å²) in [5, 5.41) is 13.1. The van der Waals surface area contributed by atoms with E-state index in [1.807, 2.05) is 6.07 Å². The molecule has 19 heavy (non-hydrogen) atoms. The maximum Gasteiger partial charge on any atom is 0.258 e. The van der Waals surface area contributed by atoms with Crippen molar-refractivity contribution in [3.63, 3.8) is 0 Å². The van der Waals surface area contributed by atoms with Crippen LogP contribution in [0.5, 0.6) is 0 Å². The van der Waals surface area contributed by atoms with E-state index in [2.05, 4.69) is 15.3 Å². The lowest BCUT2D eigenvalue weighted by molar-refractivity contribution is 0.0643. The van der Waals surface area contributed by atoms with Crippen molar-refractivity contribution in [2.75, 3.05) is 20.3 Å². The van der Waals surface area contributed by atoms with Crippen LogP contribution in [-0.4, -0.2) is 41.4 Å². The predicted octanol–water partition coefficient (Wildman–Crippen LogP) is 0.0200. The predicted molar refractivity (Wildman–Crippen MR) is 72.0 cm³/mol. The minimum absolute atomic E-state index is 0.153. The molecule has 0 aliphatic carbocycles. The molecule has 2 rings (SSSR count). The van der Waals surface area contributed by atoms with Crippen molar-refractivity contribution in [3.8, 4) is 0 Å². The topological polar surface area (TPSA) is 87.2 Å². The zero-order valence-corrected chi connectivity index (χ0v) is 10.7. The fourth-order valence-corrected chi connectivity index (χ4v) is 1.83. The van der Waals surface area contributed by atoms with Crippen molar-refractivity contribution >= 4 is 10.9 Å². The maximum absolute atomic E-state index is 11.8. The number of benzene rings is 1. The Labute approximate surface area is 110 Å². The van der Waals surface area contributed by atoms with Crippen LogP contribution in [0.3, 0.4) is 0 Å². The number of aromatic nitrogens is 2. The molecule has 0 fully saturated rings. The highest BCUT2D eigenvalue weighted by Gasteiger charge is 2.05. The second-order valence-corrected chi connectivity index (χ2v) is 4.27. The number of para-hydroxylation sites is 1. The number of aromatic amines is 1. The molecule has 6 nitrogen and oxygen atoms in total. The number of hydrogen-bond acceptors (Lipinski definition) is 5. The third kappa shape index (κ3) is 3.60. The third-order valence-electron chi connectivity index (χ3n) is 2.69. The number of methoxy groups -OCH3 is 1. The second-order valence-electron chi connectivity index (χ2n) is 4.27. The van der Waals surface area contributed by atoms with Gasteiger partial charge in [0.15, 0.2) is 0 Å². The van der Waals surface area contributed by atoms with Crippen LogP contribution < -0.4 is 10.9 Å². The van der Waals surface area contributed by atoms with Gasteiger partial charge in [-0.25, -0.2) is 4.98 Å². The van der Waals surface area contributed by atoms with Gasteiger partial charge in [-0.1, -0.05) is 12.1 Å². The summed E-state index contributed by atoms with van der Waals surface area (Å²) in [5.74, 6) is 0.549. The largest absolute Gasteiger partial charge is 0.389 e. The van der Waals surface area contributed by atoms with E-state index in [-0.39, 0.29) is 12.2 Å². The average molecular weight is 263 g/mol. The lowest BCUT2D eigenvalue weighted by Gasteiger charge is -2.10. The van der Waals surface area contributed by atoms with E-state index in [4.69, 9.17) is 4.74 Å². The lowest BCUT2D eigenvalue weighted by Crippen LogP contribution is -2.30. The summed E-state index contributed by atoms with van der Waals surface area (Å²) in [4.78, 5) is 18.9. The summed E-state index contributed by atoms with van der Waals surface area (Å²) < 4.78 is 4.82. The number of rotatable bonds is 6. The van der Waals surface area contributed by atoms with Crippen molar-refractivity contribution in [1.82, 2.24) is 15.3 Å². The molecule has 0 amide bonds. The van der Waals surface area contributed by atoms with Gasteiger partial charge in [-0.3, -0.25) is 4.79 Å². The molecule has 6 heteroatoms. The van der Waals surface area contributed by atoms with E-state index in [0.717, 1.165) is 0 Å². The average Bonchev–Trinajstić information content (AvgIpc) is 2.39. The standard InChI is InChI=1S/C13H17N3O3/c1-19-8-9(17)6-14-7-12-15-11-5-3-2-4-10(11)13(18)16-12/h2-5,9,14,17H,6-8H2,1H3,(H,15,16,18). The Morgan fingerprint density at radius 3 is 3.05 bits per heavy atom. The van der Waals surface area contributed by atoms with Gasteiger partial charge in [0.2, 0.25) is 0 Å². The normalized spacial score (nSPS) is 12.7. The Bertz CT molecular complexity index is 597. The molecule has 0 aliphatic heterocycles. The van der Waals surface area contributed by atoms with Crippen LogP contribution in [0, 0.1) is 0 Å². The number of ether oxygens (including phenoxy) is 1. The molecule has 0 spiro atoms. The molecular formula is C13H17N3O3. The quantitative estimate of drug-likeness (QED) is 0.684. The molecule has 102 valence electrons. The molecule has 0 saturated heterocycles. The van der Waals surface area contributed by atoms with Crippen LogP contribution in [0.2, 0.25) is 0 Å². The van der Waals surface area contributed by atoms with Crippen LogP contribution >= 0.6 is 0 Å². The van der Waals surface area contributed by atoms with Crippen LogP contribution in [0.15, 0.2) is 29.1 Å². The van der Waals surface area contributed by atoms with Gasteiger partial charge in [0.1, 0.15) is 5.82 Å². The van der Waals surface area contributed by atoms with Gasteiger partial charge in [-0.05, 0) is 12.1 Å². The summed E-state index contributed by atoms with van der Waals surface area (Å²) in [6.45, 7) is 1.04. The van der Waals surface area contributed by atoms with Crippen molar-refractivity contribution in [1.29, 1.82) is 0 Å². The number of fused-ring (bicyclic) bond motifs is 1. The molecule has 0 bridgehead atoms. The van der Waals surface area contributed by atoms with Gasteiger partial charge in [0.05, 0.1) is 30.2 Å². The fourth-order valence-electron chi connectivity index (χ4n) is 1.83. The molecule has 1 atom stereocenters. The lowest BCUT2D eigenvalue weighted by atomic mass is 10.2. The van der Waals surface area contributed by atoms with E-state index >= 15 is 0 Å². The van der Waals surface area contributed by atoms with Crippen LogP contribution in [0.1, 0.15) is 5.82 Å². The number of nitrogens with one attached hydrogen (secondary N) is 2. The minimum atomic E-state index is -0.572. The molecule has 1 heterocycles. The van der Waals surface area contributed by atoms with Crippen LogP contribution in [0.4, 0.5) is 0 Å². The first-order chi connectivity index (χ1) is 9.20. The number of hydrogen-bond donors (Lipinski definition) is 3. The SMILES string of the molecule is COCC(O)CNCc1nc2ccccc2c(=O)[nH]1. The van der Waals surface area contributed by atoms with E-state index in [0.29, 0.717) is 29.8 Å². The van der Waals surface area contributed by atoms with Crippen molar-refractivity contribution < 1.29 is 9.84 Å². The fraction of sp³-hybridized carbons (Fsp3) is 0.385. The first-order valence-electron chi connectivity index (χ1n) is 6.06. The van der Waals surface area contributed by atoms with Crippen LogP contribution in [-0.2, 0) is 11.3 Å². The van der Waals surface area contributed by atoms with Gasteiger partial charge in [-0.15, -0.1) is 0 Å². The van der Waals surface area contributed by atoms with Crippen molar-refractivity contribution in [2.24, 2.45) is 0 Å². The van der Waals surface area contributed by atoms with E-state index in [1.165, 1.54) is 7.11 Å². The zero-order valence-electron chi connectivity index (χ0n) is 10.7. The minimum Gasteiger partial charge on any atom is -0.389 e. The molecule has 3 N–H and O–H groups in total. The van der Waals surface area contributed by atoms with Gasteiger partial charge in [-0.2, -0.15) is 0 Å². The Morgan fingerprint density at radius 2 is 2.26 bits per heavy atom. The van der Waals surface area contributed by atoms with E-state index in [9.17, 15) is 9.90 Å². The number of H-pyrrole nitrogens is 1. The van der Waals surface area contributed by atoms with Gasteiger partial charge in [0.25, 0.3) is 5.56 Å². The summed E-state index contributed by atoms with van der Waals surface area (Å²) >= 11 is 0. The third-order valence-corrected chi connectivity index (χ3v) is 2.69. The highest BCUT2D eigenvalue weighted by molar-refractivity contribution is 5.77. The first-order valence-corrected chi connectivity index (χ1v) is 6.06. The Morgan fingerprint density at radius 1 is 1.47 bits per heavy atom. The highest BCUT2D eigenvalue weighted by Crippen LogP contribution is 2.05. The molecule has 0 saturated carbocycles. The molecule has 0 aliphatic rings. The van der Waals surface area contributed by atoms with E-state index in [1.54, 1.807) is 18.2 Å².